The number of nitrogens with one attached hydrogen (secondary N) is 1. The Bertz CT molecular complexity index is 427. The van der Waals surface area contributed by atoms with Crippen molar-refractivity contribution in [2.24, 2.45) is 0 Å². The van der Waals surface area contributed by atoms with Gasteiger partial charge in [-0.1, -0.05) is 0 Å². The molecule has 0 bridgehead atoms. The molecule has 5 nitrogen and oxygen atoms in total. The first-order chi connectivity index (χ1) is 8.40. The Hall–Kier alpha value is -0.620. The SMILES string of the molecule is CO[C@@H]1CCC[C@@H]1NC(=O)C1(S(C)(=O)=O)CCC1. The Labute approximate surface area is 108 Å². The average molecular weight is 275 g/mol. The topological polar surface area (TPSA) is 72.5 Å². The molecule has 0 heterocycles. The number of amides is 1. The summed E-state index contributed by atoms with van der Waals surface area (Å²) in [5, 5.41) is 2.89. The molecule has 0 aromatic heterocycles. The number of hydrogen-bond acceptors (Lipinski definition) is 4. The second-order valence-corrected chi connectivity index (χ2v) is 7.73. The van der Waals surface area contributed by atoms with Crippen LogP contribution in [-0.2, 0) is 19.4 Å². The number of sulfone groups is 1. The van der Waals surface area contributed by atoms with Crippen LogP contribution in [0.4, 0.5) is 0 Å². The number of carbonyl (C=O) groups is 1. The molecule has 2 atom stereocenters. The normalized spacial score (nSPS) is 30.8. The third kappa shape index (κ3) is 2.16. The Morgan fingerprint density at radius 2 is 1.94 bits per heavy atom. The van der Waals surface area contributed by atoms with Crippen LogP contribution in [-0.4, -0.2) is 44.6 Å². The summed E-state index contributed by atoms with van der Waals surface area (Å²) in [5.41, 5.74) is 0. The quantitative estimate of drug-likeness (QED) is 0.817. The van der Waals surface area contributed by atoms with E-state index in [1.165, 1.54) is 0 Å². The smallest absolute Gasteiger partial charge is 0.241 e. The lowest BCUT2D eigenvalue weighted by Gasteiger charge is -2.39. The Morgan fingerprint density at radius 1 is 1.28 bits per heavy atom. The molecular weight excluding hydrogens is 254 g/mol. The minimum absolute atomic E-state index is 0.0191. The average Bonchev–Trinajstić information content (AvgIpc) is 2.60. The van der Waals surface area contributed by atoms with Crippen molar-refractivity contribution in [2.45, 2.75) is 55.4 Å². The van der Waals surface area contributed by atoms with Crippen molar-refractivity contribution in [1.82, 2.24) is 5.32 Å². The second kappa shape index (κ2) is 4.81. The monoisotopic (exact) mass is 275 g/mol. The first kappa shape index (κ1) is 13.8. The minimum atomic E-state index is -3.35. The Kier molecular flexibility index (Phi) is 3.69. The van der Waals surface area contributed by atoms with Crippen molar-refractivity contribution < 1.29 is 17.9 Å². The van der Waals surface area contributed by atoms with Gasteiger partial charge in [0, 0.05) is 13.4 Å². The van der Waals surface area contributed by atoms with E-state index in [1.807, 2.05) is 0 Å². The van der Waals surface area contributed by atoms with Gasteiger partial charge >= 0.3 is 0 Å². The summed E-state index contributed by atoms with van der Waals surface area (Å²) in [5.74, 6) is -0.329. The van der Waals surface area contributed by atoms with Crippen molar-refractivity contribution in [1.29, 1.82) is 0 Å². The molecule has 0 spiro atoms. The van der Waals surface area contributed by atoms with Crippen LogP contribution in [0, 0.1) is 0 Å². The molecule has 0 aliphatic heterocycles. The second-order valence-electron chi connectivity index (χ2n) is 5.41. The van der Waals surface area contributed by atoms with E-state index in [0.717, 1.165) is 31.9 Å². The van der Waals surface area contributed by atoms with Crippen LogP contribution in [0.25, 0.3) is 0 Å². The third-order valence-electron chi connectivity index (χ3n) is 4.36. The molecule has 2 saturated carbocycles. The Balaban J connectivity index is 2.08. The zero-order valence-electron chi connectivity index (χ0n) is 10.9. The van der Waals surface area contributed by atoms with Gasteiger partial charge in [0.15, 0.2) is 9.84 Å². The van der Waals surface area contributed by atoms with Crippen molar-refractivity contribution in [3.05, 3.63) is 0 Å². The standard InChI is InChI=1S/C12H21NO4S/c1-17-10-6-3-5-9(10)13-11(14)12(7-4-8-12)18(2,15)16/h9-10H,3-8H2,1-2H3,(H,13,14)/t9-,10+/m0/s1. The van der Waals surface area contributed by atoms with Crippen LogP contribution < -0.4 is 5.32 Å². The molecule has 1 N–H and O–H groups in total. The van der Waals surface area contributed by atoms with E-state index < -0.39 is 14.6 Å². The summed E-state index contributed by atoms with van der Waals surface area (Å²) in [4.78, 5) is 12.3. The number of carbonyl (C=O) groups excluding carboxylic acids is 1. The van der Waals surface area contributed by atoms with Gasteiger partial charge in [-0.3, -0.25) is 4.79 Å². The highest BCUT2D eigenvalue weighted by molar-refractivity contribution is 7.93. The van der Waals surface area contributed by atoms with Crippen molar-refractivity contribution in [2.75, 3.05) is 13.4 Å². The van der Waals surface area contributed by atoms with E-state index in [0.29, 0.717) is 12.8 Å². The van der Waals surface area contributed by atoms with Crippen molar-refractivity contribution in [3.8, 4) is 0 Å². The van der Waals surface area contributed by atoms with Crippen LogP contribution in [0.3, 0.4) is 0 Å². The predicted octanol–water partition coefficient (Wildman–Crippen LogP) is 0.637. The number of methoxy groups -OCH3 is 1. The van der Waals surface area contributed by atoms with Gasteiger partial charge in [0.2, 0.25) is 5.91 Å². The Morgan fingerprint density at radius 3 is 2.39 bits per heavy atom. The van der Waals surface area contributed by atoms with Gasteiger partial charge in [-0.15, -0.1) is 0 Å². The molecular formula is C12H21NO4S. The zero-order chi connectivity index (χ0) is 13.4. The van der Waals surface area contributed by atoms with Crippen LogP contribution >= 0.6 is 0 Å². The maximum atomic E-state index is 12.3. The molecule has 2 aliphatic carbocycles. The minimum Gasteiger partial charge on any atom is -0.379 e. The molecule has 0 aromatic rings. The van der Waals surface area contributed by atoms with Crippen LogP contribution in [0.15, 0.2) is 0 Å². The number of ether oxygens (including phenoxy) is 1. The van der Waals surface area contributed by atoms with Gasteiger partial charge in [0.25, 0.3) is 0 Å². The highest BCUT2D eigenvalue weighted by Gasteiger charge is 2.53. The van der Waals surface area contributed by atoms with Crippen molar-refractivity contribution >= 4 is 15.7 Å². The van der Waals surface area contributed by atoms with Gasteiger partial charge in [-0.25, -0.2) is 8.42 Å². The summed E-state index contributed by atoms with van der Waals surface area (Å²) in [6.07, 6.45) is 5.68. The molecule has 2 fully saturated rings. The van der Waals surface area contributed by atoms with Crippen LogP contribution in [0.2, 0.25) is 0 Å². The molecule has 0 saturated heterocycles. The van der Waals surface area contributed by atoms with E-state index in [-0.39, 0.29) is 18.1 Å². The summed E-state index contributed by atoms with van der Waals surface area (Å²) in [6, 6.07) is -0.0401. The molecule has 1 amide bonds. The fourth-order valence-electron chi connectivity index (χ4n) is 2.94. The molecule has 104 valence electrons. The first-order valence-corrected chi connectivity index (χ1v) is 8.33. The van der Waals surface area contributed by atoms with E-state index in [2.05, 4.69) is 5.32 Å². The highest BCUT2D eigenvalue weighted by atomic mass is 32.2. The van der Waals surface area contributed by atoms with Crippen LogP contribution in [0.5, 0.6) is 0 Å². The molecule has 6 heteroatoms. The fraction of sp³-hybridized carbons (Fsp3) is 0.917. The lowest BCUT2D eigenvalue weighted by atomic mass is 9.83. The van der Waals surface area contributed by atoms with E-state index in [1.54, 1.807) is 7.11 Å². The van der Waals surface area contributed by atoms with Gasteiger partial charge in [-0.05, 0) is 38.5 Å². The van der Waals surface area contributed by atoms with Crippen molar-refractivity contribution in [3.63, 3.8) is 0 Å². The zero-order valence-corrected chi connectivity index (χ0v) is 11.8. The van der Waals surface area contributed by atoms with Gasteiger partial charge in [0.05, 0.1) is 12.1 Å². The largest absolute Gasteiger partial charge is 0.379 e. The lowest BCUT2D eigenvalue weighted by Crippen LogP contribution is -2.59. The number of rotatable bonds is 4. The molecule has 0 aromatic carbocycles. The highest BCUT2D eigenvalue weighted by Crippen LogP contribution is 2.39. The molecule has 0 unspecified atom stereocenters. The summed E-state index contributed by atoms with van der Waals surface area (Å²) in [7, 11) is -1.72. The van der Waals surface area contributed by atoms with Gasteiger partial charge in [0.1, 0.15) is 4.75 Å². The van der Waals surface area contributed by atoms with Gasteiger partial charge < -0.3 is 10.1 Å². The van der Waals surface area contributed by atoms with Gasteiger partial charge in [-0.2, -0.15) is 0 Å². The fourth-order valence-corrected chi connectivity index (χ4v) is 4.36. The molecule has 2 aliphatic rings. The van der Waals surface area contributed by atoms with E-state index in [9.17, 15) is 13.2 Å². The summed E-state index contributed by atoms with van der Waals surface area (Å²) in [6.45, 7) is 0. The van der Waals surface area contributed by atoms with E-state index in [4.69, 9.17) is 4.74 Å². The maximum Gasteiger partial charge on any atom is 0.241 e. The van der Waals surface area contributed by atoms with E-state index >= 15 is 0 Å². The molecule has 2 rings (SSSR count). The number of hydrogen-bond donors (Lipinski definition) is 1. The third-order valence-corrected chi connectivity index (χ3v) is 6.37. The molecule has 18 heavy (non-hydrogen) atoms. The summed E-state index contributed by atoms with van der Waals surface area (Å²) >= 11 is 0. The summed E-state index contributed by atoms with van der Waals surface area (Å²) < 4.78 is 27.8. The first-order valence-electron chi connectivity index (χ1n) is 6.44. The molecule has 0 radical (unpaired) electrons. The lowest BCUT2D eigenvalue weighted by molar-refractivity contribution is -0.127. The predicted molar refractivity (Wildman–Crippen MR) is 68.0 cm³/mol. The maximum absolute atomic E-state index is 12.3. The van der Waals surface area contributed by atoms with Crippen LogP contribution in [0.1, 0.15) is 38.5 Å².